The summed E-state index contributed by atoms with van der Waals surface area (Å²) in [5.41, 5.74) is 7.74. The summed E-state index contributed by atoms with van der Waals surface area (Å²) in [6.07, 6.45) is 8.48. The summed E-state index contributed by atoms with van der Waals surface area (Å²) < 4.78 is 3.85. The first kappa shape index (κ1) is 17.0. The van der Waals surface area contributed by atoms with Crippen molar-refractivity contribution in [2.45, 2.75) is 19.4 Å². The van der Waals surface area contributed by atoms with Crippen LogP contribution in [-0.2, 0) is 6.42 Å². The van der Waals surface area contributed by atoms with Crippen LogP contribution in [0.15, 0.2) is 73.4 Å². The molecule has 0 saturated heterocycles. The summed E-state index contributed by atoms with van der Waals surface area (Å²) in [6.45, 7) is 3.00. The number of fused-ring (bicyclic) bond motifs is 2. The molecule has 1 aliphatic rings. The molecule has 1 atom stereocenters. The number of aromatic nitrogens is 6. The molecule has 1 aromatic carbocycles. The molecule has 5 heterocycles. The van der Waals surface area contributed by atoms with Crippen LogP contribution in [0.4, 0.5) is 5.69 Å². The third kappa shape index (κ3) is 2.62. The summed E-state index contributed by atoms with van der Waals surface area (Å²) in [6, 6.07) is 16.7. The van der Waals surface area contributed by atoms with Gasteiger partial charge in [-0.1, -0.05) is 12.1 Å². The van der Waals surface area contributed by atoms with Crippen molar-refractivity contribution in [1.29, 1.82) is 0 Å². The number of anilines is 1. The van der Waals surface area contributed by atoms with Gasteiger partial charge >= 0.3 is 0 Å². The van der Waals surface area contributed by atoms with Crippen molar-refractivity contribution in [3.8, 4) is 5.69 Å². The number of nitrogens with zero attached hydrogens (tertiary/aromatic N) is 6. The first-order valence-electron chi connectivity index (χ1n) is 10.1. The van der Waals surface area contributed by atoms with Gasteiger partial charge < -0.3 is 9.88 Å². The molecule has 0 aliphatic carbocycles. The molecule has 0 amide bonds. The van der Waals surface area contributed by atoms with E-state index in [0.29, 0.717) is 0 Å². The molecule has 7 heteroatoms. The van der Waals surface area contributed by atoms with E-state index in [2.05, 4.69) is 58.3 Å². The molecular weight excluding hydrogens is 374 g/mol. The van der Waals surface area contributed by atoms with E-state index in [1.54, 1.807) is 12.5 Å². The van der Waals surface area contributed by atoms with Gasteiger partial charge in [0, 0.05) is 42.9 Å². The van der Waals surface area contributed by atoms with E-state index < -0.39 is 0 Å². The molecule has 1 N–H and O–H groups in total. The van der Waals surface area contributed by atoms with E-state index in [9.17, 15) is 0 Å². The Balaban J connectivity index is 1.50. The molecule has 4 aromatic heterocycles. The number of aromatic amines is 1. The zero-order valence-corrected chi connectivity index (χ0v) is 16.6. The molecule has 0 fully saturated rings. The van der Waals surface area contributed by atoms with Gasteiger partial charge in [-0.25, -0.2) is 14.2 Å². The lowest BCUT2D eigenvalue weighted by molar-refractivity contribution is 0.617. The normalized spacial score (nSPS) is 16.2. The van der Waals surface area contributed by atoms with Gasteiger partial charge in [-0.15, -0.1) is 0 Å². The number of pyridine rings is 1. The van der Waals surface area contributed by atoms with Crippen molar-refractivity contribution in [2.75, 3.05) is 11.4 Å². The molecule has 0 spiro atoms. The second kappa shape index (κ2) is 6.59. The number of imidazole rings is 1. The fourth-order valence-electron chi connectivity index (χ4n) is 4.40. The second-order valence-corrected chi connectivity index (χ2v) is 7.67. The van der Waals surface area contributed by atoms with Crippen molar-refractivity contribution in [3.63, 3.8) is 0 Å². The van der Waals surface area contributed by atoms with Crippen molar-refractivity contribution in [1.82, 2.24) is 29.4 Å². The van der Waals surface area contributed by atoms with Crippen LogP contribution in [0.1, 0.15) is 28.7 Å². The number of benzene rings is 1. The third-order valence-corrected chi connectivity index (χ3v) is 5.87. The Morgan fingerprint density at radius 3 is 2.83 bits per heavy atom. The molecule has 30 heavy (non-hydrogen) atoms. The standard InChI is InChI=1S/C23H21N7/c1-16-5-3-10-30-21(16)14-20(27-30)23-22-19(24-15-25-22)8-12-28(23)17-6-2-7-18(13-17)29-11-4-9-26-29/h2-7,9-11,13-15,23H,8,12H2,1H3,(H,24,25)/t23-/m0/s1. The van der Waals surface area contributed by atoms with Gasteiger partial charge in [-0.2, -0.15) is 10.2 Å². The highest BCUT2D eigenvalue weighted by molar-refractivity contribution is 5.60. The van der Waals surface area contributed by atoms with E-state index in [1.165, 1.54) is 11.3 Å². The fourth-order valence-corrected chi connectivity index (χ4v) is 4.40. The number of nitrogens with one attached hydrogen (secondary N) is 1. The van der Waals surface area contributed by atoms with Crippen molar-refractivity contribution < 1.29 is 0 Å². The van der Waals surface area contributed by atoms with E-state index in [4.69, 9.17) is 10.1 Å². The van der Waals surface area contributed by atoms with Crippen LogP contribution in [0.3, 0.4) is 0 Å². The van der Waals surface area contributed by atoms with Crippen molar-refractivity contribution >= 4 is 11.2 Å². The maximum atomic E-state index is 4.93. The average Bonchev–Trinajstić information content (AvgIpc) is 3.53. The van der Waals surface area contributed by atoms with Crippen LogP contribution >= 0.6 is 0 Å². The van der Waals surface area contributed by atoms with Crippen LogP contribution in [0.5, 0.6) is 0 Å². The van der Waals surface area contributed by atoms with Gasteiger partial charge in [0.05, 0.1) is 28.9 Å². The number of aryl methyl sites for hydroxylation is 1. The van der Waals surface area contributed by atoms with Gasteiger partial charge in [-0.05, 0) is 48.9 Å². The molecule has 148 valence electrons. The summed E-state index contributed by atoms with van der Waals surface area (Å²) in [5, 5.41) is 9.31. The Labute approximate surface area is 173 Å². The zero-order chi connectivity index (χ0) is 20.1. The van der Waals surface area contributed by atoms with Crippen molar-refractivity contribution in [3.05, 3.63) is 96.1 Å². The number of rotatable bonds is 3. The minimum Gasteiger partial charge on any atom is -0.357 e. The highest BCUT2D eigenvalue weighted by atomic mass is 15.3. The highest BCUT2D eigenvalue weighted by Gasteiger charge is 2.33. The van der Waals surface area contributed by atoms with Crippen LogP contribution in [-0.4, -0.2) is 35.9 Å². The Kier molecular flexibility index (Phi) is 3.74. The number of hydrogen-bond donors (Lipinski definition) is 1. The average molecular weight is 395 g/mol. The topological polar surface area (TPSA) is 67.0 Å². The van der Waals surface area contributed by atoms with E-state index in [1.807, 2.05) is 33.7 Å². The van der Waals surface area contributed by atoms with Crippen LogP contribution in [0.2, 0.25) is 0 Å². The molecule has 0 saturated carbocycles. The Bertz CT molecular complexity index is 1330. The monoisotopic (exact) mass is 395 g/mol. The lowest BCUT2D eigenvalue weighted by Gasteiger charge is -2.36. The van der Waals surface area contributed by atoms with Crippen LogP contribution < -0.4 is 4.90 Å². The first-order chi connectivity index (χ1) is 14.8. The molecule has 7 nitrogen and oxygen atoms in total. The number of hydrogen-bond acceptors (Lipinski definition) is 4. The predicted molar refractivity (Wildman–Crippen MR) is 115 cm³/mol. The molecule has 6 rings (SSSR count). The molecule has 0 radical (unpaired) electrons. The summed E-state index contributed by atoms with van der Waals surface area (Å²) in [7, 11) is 0. The van der Waals surface area contributed by atoms with E-state index in [0.717, 1.165) is 41.2 Å². The van der Waals surface area contributed by atoms with Crippen molar-refractivity contribution in [2.24, 2.45) is 0 Å². The lowest BCUT2D eigenvalue weighted by atomic mass is 9.98. The van der Waals surface area contributed by atoms with E-state index in [-0.39, 0.29) is 6.04 Å². The van der Waals surface area contributed by atoms with Crippen LogP contribution in [0.25, 0.3) is 11.2 Å². The minimum atomic E-state index is -0.0489. The maximum absolute atomic E-state index is 4.93. The summed E-state index contributed by atoms with van der Waals surface area (Å²) in [4.78, 5) is 10.4. The van der Waals surface area contributed by atoms with Gasteiger partial charge in [0.1, 0.15) is 6.04 Å². The Hall–Kier alpha value is -3.87. The first-order valence-corrected chi connectivity index (χ1v) is 10.1. The Morgan fingerprint density at radius 2 is 1.97 bits per heavy atom. The molecule has 5 aromatic rings. The SMILES string of the molecule is Cc1cccn2nc([C@H]3c4nc[nH]c4CCN3c3cccc(-n4cccn4)c3)cc12. The second-order valence-electron chi connectivity index (χ2n) is 7.67. The largest absolute Gasteiger partial charge is 0.357 e. The zero-order valence-electron chi connectivity index (χ0n) is 16.6. The lowest BCUT2D eigenvalue weighted by Crippen LogP contribution is -2.36. The summed E-state index contributed by atoms with van der Waals surface area (Å²) >= 11 is 0. The van der Waals surface area contributed by atoms with Gasteiger partial charge in [0.25, 0.3) is 0 Å². The number of H-pyrrole nitrogens is 1. The third-order valence-electron chi connectivity index (χ3n) is 5.87. The molecule has 0 bridgehead atoms. The smallest absolute Gasteiger partial charge is 0.117 e. The van der Waals surface area contributed by atoms with Gasteiger partial charge in [-0.3, -0.25) is 0 Å². The van der Waals surface area contributed by atoms with Gasteiger partial charge in [0.15, 0.2) is 0 Å². The minimum absolute atomic E-state index is 0.0489. The fraction of sp³-hybridized carbons (Fsp3) is 0.174. The summed E-state index contributed by atoms with van der Waals surface area (Å²) in [5.74, 6) is 0. The quantitative estimate of drug-likeness (QED) is 0.506. The van der Waals surface area contributed by atoms with Crippen LogP contribution in [0, 0.1) is 6.92 Å². The highest BCUT2D eigenvalue weighted by Crippen LogP contribution is 2.37. The van der Waals surface area contributed by atoms with E-state index >= 15 is 0 Å². The van der Waals surface area contributed by atoms with Gasteiger partial charge in [0.2, 0.25) is 0 Å². The molecule has 0 unspecified atom stereocenters. The Morgan fingerprint density at radius 1 is 1.03 bits per heavy atom. The molecular formula is C23H21N7. The predicted octanol–water partition coefficient (Wildman–Crippen LogP) is 3.70. The maximum Gasteiger partial charge on any atom is 0.117 e. The molecule has 1 aliphatic heterocycles.